The molecule has 8 heteroatoms. The number of hydrogen-bond acceptors (Lipinski definition) is 7. The van der Waals surface area contributed by atoms with Crippen LogP contribution in [0.25, 0.3) is 21.5 Å². The molecule has 0 aliphatic heterocycles. The molecule has 0 radical (unpaired) electrons. The summed E-state index contributed by atoms with van der Waals surface area (Å²) in [6.45, 7) is 2.31. The molecule has 0 bridgehead atoms. The minimum absolute atomic E-state index is 0.00691. The third-order valence-corrected chi connectivity index (χ3v) is 4.16. The lowest BCUT2D eigenvalue weighted by molar-refractivity contribution is -0.384. The van der Waals surface area contributed by atoms with Crippen molar-refractivity contribution in [2.45, 2.75) is 6.92 Å². The maximum atomic E-state index is 11.0. The van der Waals surface area contributed by atoms with Crippen LogP contribution in [0, 0.1) is 10.1 Å². The van der Waals surface area contributed by atoms with Crippen LogP contribution in [-0.2, 0) is 0 Å². The van der Waals surface area contributed by atoms with Gasteiger partial charge in [0.1, 0.15) is 5.75 Å². The van der Waals surface area contributed by atoms with Crippen molar-refractivity contribution in [3.63, 3.8) is 0 Å². The molecule has 1 aromatic carbocycles. The van der Waals surface area contributed by atoms with E-state index in [1.54, 1.807) is 25.4 Å². The summed E-state index contributed by atoms with van der Waals surface area (Å²) in [5.41, 5.74) is 1.33. The summed E-state index contributed by atoms with van der Waals surface area (Å²) in [6, 6.07) is 6.30. The first-order valence-corrected chi connectivity index (χ1v) is 7.66. The molecule has 0 N–H and O–H groups in total. The minimum Gasteiger partial charge on any atom is -0.493 e. The van der Waals surface area contributed by atoms with Gasteiger partial charge >= 0.3 is 0 Å². The Bertz CT molecular complexity index is 878. The number of nitrogens with zero attached hydrogens (tertiary/aromatic N) is 3. The molecule has 0 unspecified atom stereocenters. The molecule has 0 fully saturated rings. The van der Waals surface area contributed by atoms with Gasteiger partial charge in [-0.3, -0.25) is 10.1 Å². The van der Waals surface area contributed by atoms with E-state index in [2.05, 4.69) is 9.97 Å². The summed E-state index contributed by atoms with van der Waals surface area (Å²) in [5.74, 6) is 0.559. The van der Waals surface area contributed by atoms with Gasteiger partial charge in [-0.1, -0.05) is 11.3 Å². The van der Waals surface area contributed by atoms with Gasteiger partial charge in [-0.05, 0) is 13.0 Å². The fourth-order valence-corrected chi connectivity index (χ4v) is 2.86. The maximum Gasteiger partial charge on any atom is 0.273 e. The Morgan fingerprint density at radius 1 is 1.35 bits per heavy atom. The number of fused-ring (bicyclic) bond motifs is 1. The van der Waals surface area contributed by atoms with Gasteiger partial charge in [0, 0.05) is 23.6 Å². The predicted molar refractivity (Wildman–Crippen MR) is 87.2 cm³/mol. The van der Waals surface area contributed by atoms with Crippen molar-refractivity contribution in [1.29, 1.82) is 0 Å². The van der Waals surface area contributed by atoms with Gasteiger partial charge in [-0.25, -0.2) is 9.97 Å². The normalized spacial score (nSPS) is 10.7. The number of non-ortho nitro benzene ring substituents is 1. The standard InChI is InChI=1S/C15H13N3O4S/c1-3-22-13-7-12(14-8-16-15(21-2)23-14)17-11-5-4-9(18(19)20)6-10(11)13/h4-8H,3H2,1-2H3. The van der Waals surface area contributed by atoms with Crippen molar-refractivity contribution >= 4 is 27.9 Å². The van der Waals surface area contributed by atoms with Gasteiger partial charge in [0.15, 0.2) is 0 Å². The average Bonchev–Trinajstić information content (AvgIpc) is 3.03. The second-order valence-corrected chi connectivity index (χ2v) is 5.58. The van der Waals surface area contributed by atoms with Gasteiger partial charge in [-0.2, -0.15) is 0 Å². The fraction of sp³-hybridized carbons (Fsp3) is 0.200. The summed E-state index contributed by atoms with van der Waals surface area (Å²) in [5, 5.41) is 12.1. The van der Waals surface area contributed by atoms with Crippen LogP contribution in [0.5, 0.6) is 10.9 Å². The highest BCUT2D eigenvalue weighted by Crippen LogP contribution is 2.35. The zero-order chi connectivity index (χ0) is 16.4. The van der Waals surface area contributed by atoms with Crippen LogP contribution in [-0.4, -0.2) is 28.6 Å². The molecular formula is C15H13N3O4S. The third kappa shape index (κ3) is 2.93. The topological polar surface area (TPSA) is 87.4 Å². The molecule has 0 saturated carbocycles. The molecule has 0 atom stereocenters. The second kappa shape index (κ2) is 6.17. The van der Waals surface area contributed by atoms with Crippen LogP contribution in [0.15, 0.2) is 30.5 Å². The Kier molecular flexibility index (Phi) is 4.07. The summed E-state index contributed by atoms with van der Waals surface area (Å²) >= 11 is 1.37. The number of ether oxygens (including phenoxy) is 2. The number of rotatable bonds is 5. The van der Waals surface area contributed by atoms with Crippen LogP contribution in [0.2, 0.25) is 0 Å². The number of benzene rings is 1. The van der Waals surface area contributed by atoms with E-state index >= 15 is 0 Å². The predicted octanol–water partition coefficient (Wildman–Crippen LogP) is 3.67. The highest BCUT2D eigenvalue weighted by Gasteiger charge is 2.14. The second-order valence-electron chi connectivity index (χ2n) is 4.59. The Hall–Kier alpha value is -2.74. The number of nitro groups is 1. The summed E-state index contributed by atoms with van der Waals surface area (Å²) in [7, 11) is 1.56. The third-order valence-electron chi connectivity index (χ3n) is 3.18. The van der Waals surface area contributed by atoms with Gasteiger partial charge in [0.2, 0.25) is 0 Å². The summed E-state index contributed by atoms with van der Waals surface area (Å²) in [6.07, 6.45) is 1.68. The fourth-order valence-electron chi connectivity index (χ4n) is 2.17. The van der Waals surface area contributed by atoms with Crippen LogP contribution < -0.4 is 9.47 Å². The molecule has 0 aliphatic rings. The largest absolute Gasteiger partial charge is 0.493 e. The van der Waals surface area contributed by atoms with E-state index in [1.165, 1.54) is 23.5 Å². The molecule has 0 saturated heterocycles. The summed E-state index contributed by atoms with van der Waals surface area (Å²) in [4.78, 5) is 20.0. The molecule has 2 heterocycles. The van der Waals surface area contributed by atoms with Crippen molar-refractivity contribution in [3.05, 3.63) is 40.6 Å². The Labute approximate surface area is 135 Å². The van der Waals surface area contributed by atoms with Gasteiger partial charge in [0.25, 0.3) is 10.9 Å². The molecule has 7 nitrogen and oxygen atoms in total. The lowest BCUT2D eigenvalue weighted by Crippen LogP contribution is -1.96. The van der Waals surface area contributed by atoms with Crippen LogP contribution >= 0.6 is 11.3 Å². The van der Waals surface area contributed by atoms with E-state index in [9.17, 15) is 10.1 Å². The Morgan fingerprint density at radius 3 is 2.83 bits per heavy atom. The Balaban J connectivity index is 2.17. The van der Waals surface area contributed by atoms with Gasteiger partial charge < -0.3 is 9.47 Å². The molecule has 3 aromatic rings. The smallest absolute Gasteiger partial charge is 0.273 e. The van der Waals surface area contributed by atoms with E-state index in [0.717, 1.165) is 4.88 Å². The first kappa shape index (κ1) is 15.2. The zero-order valence-electron chi connectivity index (χ0n) is 12.5. The summed E-state index contributed by atoms with van der Waals surface area (Å²) < 4.78 is 10.7. The van der Waals surface area contributed by atoms with Gasteiger partial charge in [-0.15, -0.1) is 0 Å². The lowest BCUT2D eigenvalue weighted by atomic mass is 10.1. The van der Waals surface area contributed by atoms with E-state index in [4.69, 9.17) is 9.47 Å². The van der Waals surface area contributed by atoms with Crippen molar-refractivity contribution in [2.24, 2.45) is 0 Å². The molecule has 0 aliphatic carbocycles. The minimum atomic E-state index is -0.433. The van der Waals surface area contributed by atoms with Crippen molar-refractivity contribution in [3.8, 4) is 21.5 Å². The quantitative estimate of drug-likeness (QED) is 0.523. The number of hydrogen-bond donors (Lipinski definition) is 0. The van der Waals surface area contributed by atoms with Crippen LogP contribution in [0.3, 0.4) is 0 Å². The SMILES string of the molecule is CCOc1cc(-c2cnc(OC)s2)nc2ccc([N+](=O)[O-])cc12. The molecule has 23 heavy (non-hydrogen) atoms. The molecule has 118 valence electrons. The van der Waals surface area contributed by atoms with E-state index in [1.807, 2.05) is 6.92 Å². The molecule has 0 spiro atoms. The average molecular weight is 331 g/mol. The highest BCUT2D eigenvalue weighted by atomic mass is 32.1. The maximum absolute atomic E-state index is 11.0. The lowest BCUT2D eigenvalue weighted by Gasteiger charge is -2.09. The molecule has 0 amide bonds. The Morgan fingerprint density at radius 2 is 2.17 bits per heavy atom. The number of nitro benzene ring substituents is 1. The number of thiazole rings is 1. The highest BCUT2D eigenvalue weighted by molar-refractivity contribution is 7.16. The molecule has 3 rings (SSSR count). The first-order valence-electron chi connectivity index (χ1n) is 6.84. The van der Waals surface area contributed by atoms with Crippen molar-refractivity contribution in [2.75, 3.05) is 13.7 Å². The van der Waals surface area contributed by atoms with E-state index < -0.39 is 4.92 Å². The van der Waals surface area contributed by atoms with Crippen LogP contribution in [0.1, 0.15) is 6.92 Å². The van der Waals surface area contributed by atoms with Crippen molar-refractivity contribution < 1.29 is 14.4 Å². The van der Waals surface area contributed by atoms with Gasteiger partial charge in [0.05, 0.1) is 40.9 Å². The molecular weight excluding hydrogens is 318 g/mol. The van der Waals surface area contributed by atoms with Crippen molar-refractivity contribution in [1.82, 2.24) is 9.97 Å². The molecule has 2 aromatic heterocycles. The number of pyridine rings is 1. The monoisotopic (exact) mass is 331 g/mol. The number of methoxy groups -OCH3 is 1. The van der Waals surface area contributed by atoms with E-state index in [-0.39, 0.29) is 5.69 Å². The number of aromatic nitrogens is 2. The zero-order valence-corrected chi connectivity index (χ0v) is 13.3. The van der Waals surface area contributed by atoms with Crippen LogP contribution in [0.4, 0.5) is 5.69 Å². The van der Waals surface area contributed by atoms with E-state index in [0.29, 0.717) is 34.1 Å². The first-order chi connectivity index (χ1) is 11.1.